The number of rotatable bonds is 4. The zero-order valence-corrected chi connectivity index (χ0v) is 16.0. The van der Waals surface area contributed by atoms with Crippen molar-refractivity contribution in [3.05, 3.63) is 65.5 Å². The number of nitrogens with one attached hydrogen (secondary N) is 1. The predicted octanol–water partition coefficient (Wildman–Crippen LogP) is 2.71. The maximum atomic E-state index is 13.9. The van der Waals surface area contributed by atoms with Crippen LogP contribution in [0.15, 0.2) is 48.5 Å². The fraction of sp³-hybridized carbons (Fsp3) is 0.409. The molecule has 2 saturated heterocycles. The average molecular weight is 384 g/mol. The number of halogens is 1. The molecule has 2 aromatic rings. The maximum Gasteiger partial charge on any atom is 0.222 e. The Bertz CT molecular complexity index is 842. The minimum atomic E-state index is -0.548. The summed E-state index contributed by atoms with van der Waals surface area (Å²) in [6.45, 7) is 2.97. The van der Waals surface area contributed by atoms with E-state index in [-0.39, 0.29) is 17.6 Å². The van der Waals surface area contributed by atoms with Gasteiger partial charge in [-0.05, 0) is 35.4 Å². The molecule has 2 atom stereocenters. The fourth-order valence-corrected chi connectivity index (χ4v) is 4.33. The van der Waals surface area contributed by atoms with E-state index in [1.54, 1.807) is 19.2 Å². The first kappa shape index (κ1) is 18.9. The van der Waals surface area contributed by atoms with Gasteiger partial charge in [-0.3, -0.25) is 9.69 Å². The fourth-order valence-electron chi connectivity index (χ4n) is 4.33. The molecule has 6 heteroatoms. The van der Waals surface area contributed by atoms with Gasteiger partial charge in [0.1, 0.15) is 11.6 Å². The molecule has 0 radical (unpaired) electrons. The highest BCUT2D eigenvalue weighted by atomic mass is 19.1. The minimum absolute atomic E-state index is 0.00907. The van der Waals surface area contributed by atoms with E-state index in [9.17, 15) is 9.18 Å². The zero-order chi connectivity index (χ0) is 19.6. The van der Waals surface area contributed by atoms with Crippen LogP contribution in [0.1, 0.15) is 23.5 Å². The predicted molar refractivity (Wildman–Crippen MR) is 104 cm³/mol. The van der Waals surface area contributed by atoms with Crippen molar-refractivity contribution in [3.63, 3.8) is 0 Å². The number of nitrogens with zero attached hydrogens (tertiary/aromatic N) is 1. The third-order valence-electron chi connectivity index (χ3n) is 5.65. The van der Waals surface area contributed by atoms with Crippen molar-refractivity contribution in [2.45, 2.75) is 24.4 Å². The Hall–Kier alpha value is -2.44. The summed E-state index contributed by atoms with van der Waals surface area (Å²) in [5, 5.41) is 3.21. The first-order chi connectivity index (χ1) is 13.6. The van der Waals surface area contributed by atoms with Crippen LogP contribution >= 0.6 is 0 Å². The van der Waals surface area contributed by atoms with Crippen LogP contribution in [-0.4, -0.2) is 49.8 Å². The summed E-state index contributed by atoms with van der Waals surface area (Å²) in [5.74, 6) is 0.513. The molecule has 0 aliphatic carbocycles. The summed E-state index contributed by atoms with van der Waals surface area (Å²) >= 11 is 0. The largest absolute Gasteiger partial charge is 0.497 e. The van der Waals surface area contributed by atoms with Gasteiger partial charge in [0.15, 0.2) is 0 Å². The lowest BCUT2D eigenvalue weighted by atomic mass is 9.82. The molecule has 1 spiro atoms. The molecule has 0 unspecified atom stereocenters. The van der Waals surface area contributed by atoms with Gasteiger partial charge < -0.3 is 14.8 Å². The van der Waals surface area contributed by atoms with Crippen LogP contribution in [0, 0.1) is 5.82 Å². The van der Waals surface area contributed by atoms with Gasteiger partial charge in [-0.1, -0.05) is 24.3 Å². The van der Waals surface area contributed by atoms with Crippen molar-refractivity contribution in [1.82, 2.24) is 10.2 Å². The van der Waals surface area contributed by atoms with E-state index in [1.165, 1.54) is 6.07 Å². The molecule has 1 amide bonds. The number of methoxy groups -OCH3 is 1. The molecular formula is C22H25FN2O3. The van der Waals surface area contributed by atoms with Gasteiger partial charge in [0, 0.05) is 32.0 Å². The number of benzene rings is 2. The molecular weight excluding hydrogens is 359 g/mol. The van der Waals surface area contributed by atoms with Gasteiger partial charge in [0.2, 0.25) is 5.91 Å². The van der Waals surface area contributed by atoms with Crippen LogP contribution in [-0.2, 0) is 16.1 Å². The van der Waals surface area contributed by atoms with E-state index in [0.29, 0.717) is 26.2 Å². The Labute approximate surface area is 164 Å². The second-order valence-electron chi connectivity index (χ2n) is 7.63. The Kier molecular flexibility index (Phi) is 5.33. The topological polar surface area (TPSA) is 50.8 Å². The summed E-state index contributed by atoms with van der Waals surface area (Å²) in [7, 11) is 1.65. The van der Waals surface area contributed by atoms with E-state index in [2.05, 4.69) is 10.2 Å². The van der Waals surface area contributed by atoms with Crippen molar-refractivity contribution < 1.29 is 18.7 Å². The number of amides is 1. The maximum absolute atomic E-state index is 13.9. The molecule has 1 N–H and O–H groups in total. The van der Waals surface area contributed by atoms with Gasteiger partial charge in [-0.25, -0.2) is 4.39 Å². The molecule has 28 heavy (non-hydrogen) atoms. The van der Waals surface area contributed by atoms with Gasteiger partial charge >= 0.3 is 0 Å². The highest BCUT2D eigenvalue weighted by Crippen LogP contribution is 2.38. The Morgan fingerprint density at radius 3 is 2.86 bits per heavy atom. The van der Waals surface area contributed by atoms with Crippen molar-refractivity contribution in [2.75, 3.05) is 33.4 Å². The highest BCUT2D eigenvalue weighted by Gasteiger charge is 2.49. The quantitative estimate of drug-likeness (QED) is 0.881. The van der Waals surface area contributed by atoms with Crippen LogP contribution in [0.5, 0.6) is 5.75 Å². The molecule has 0 bridgehead atoms. The standard InChI is InChI=1S/C22H25FN2O3/c1-27-19-7-5-16(6-8-19)12-25-13-20(17-3-2-4-18(23)11-17)22(14-25)15-28-10-9-21(26)24-22/h2-8,11,20H,9-10,12-15H2,1H3,(H,24,26)/t20-,22-/m0/s1. The van der Waals surface area contributed by atoms with Gasteiger partial charge in [-0.15, -0.1) is 0 Å². The minimum Gasteiger partial charge on any atom is -0.497 e. The zero-order valence-electron chi connectivity index (χ0n) is 16.0. The van der Waals surface area contributed by atoms with Gasteiger partial charge in [0.25, 0.3) is 0 Å². The average Bonchev–Trinajstić information content (AvgIpc) is 2.91. The van der Waals surface area contributed by atoms with E-state index >= 15 is 0 Å². The van der Waals surface area contributed by atoms with Crippen LogP contribution in [0.4, 0.5) is 4.39 Å². The van der Waals surface area contributed by atoms with E-state index in [0.717, 1.165) is 30.0 Å². The molecule has 2 aliphatic heterocycles. The normalized spacial score (nSPS) is 25.5. The third-order valence-corrected chi connectivity index (χ3v) is 5.65. The summed E-state index contributed by atoms with van der Waals surface area (Å²) in [4.78, 5) is 14.6. The molecule has 2 aliphatic rings. The number of likely N-dealkylation sites (tertiary alicyclic amines) is 1. The van der Waals surface area contributed by atoms with Crippen molar-refractivity contribution in [3.8, 4) is 5.75 Å². The number of carbonyl (C=O) groups excluding carboxylic acids is 1. The molecule has 0 aromatic heterocycles. The Balaban J connectivity index is 1.61. The second-order valence-corrected chi connectivity index (χ2v) is 7.63. The summed E-state index contributed by atoms with van der Waals surface area (Å²) in [5.41, 5.74) is 1.51. The Morgan fingerprint density at radius 2 is 2.11 bits per heavy atom. The first-order valence-electron chi connectivity index (χ1n) is 9.57. The molecule has 5 nitrogen and oxygen atoms in total. The molecule has 2 heterocycles. The van der Waals surface area contributed by atoms with E-state index in [1.807, 2.05) is 30.3 Å². The first-order valence-corrected chi connectivity index (χ1v) is 9.57. The van der Waals surface area contributed by atoms with Crippen molar-refractivity contribution in [1.29, 1.82) is 0 Å². The number of hydrogen-bond donors (Lipinski definition) is 1. The van der Waals surface area contributed by atoms with E-state index < -0.39 is 5.54 Å². The SMILES string of the molecule is COc1ccc(CN2C[C@@H](c3cccc(F)c3)[C@@]3(COCCC(=O)N3)C2)cc1. The van der Waals surface area contributed by atoms with Gasteiger partial charge in [-0.2, -0.15) is 0 Å². The molecule has 2 aromatic carbocycles. The molecule has 148 valence electrons. The highest BCUT2D eigenvalue weighted by molar-refractivity contribution is 5.77. The number of hydrogen-bond acceptors (Lipinski definition) is 4. The molecule has 4 rings (SSSR count). The lowest BCUT2D eigenvalue weighted by Gasteiger charge is -2.34. The monoisotopic (exact) mass is 384 g/mol. The third kappa shape index (κ3) is 3.88. The lowest BCUT2D eigenvalue weighted by Crippen LogP contribution is -2.55. The molecule has 2 fully saturated rings. The van der Waals surface area contributed by atoms with Gasteiger partial charge in [0.05, 0.1) is 25.9 Å². The summed E-state index contributed by atoms with van der Waals surface area (Å²) in [6.07, 6.45) is 0.357. The second kappa shape index (κ2) is 7.89. The van der Waals surface area contributed by atoms with Crippen LogP contribution in [0.2, 0.25) is 0 Å². The van der Waals surface area contributed by atoms with Crippen molar-refractivity contribution >= 4 is 5.91 Å². The smallest absolute Gasteiger partial charge is 0.222 e. The lowest BCUT2D eigenvalue weighted by molar-refractivity contribution is -0.122. The van der Waals surface area contributed by atoms with Crippen LogP contribution < -0.4 is 10.1 Å². The number of ether oxygens (including phenoxy) is 2. The summed E-state index contributed by atoms with van der Waals surface area (Å²) in [6, 6.07) is 14.7. The molecule has 0 saturated carbocycles. The van der Waals surface area contributed by atoms with Crippen LogP contribution in [0.25, 0.3) is 0 Å². The van der Waals surface area contributed by atoms with Crippen molar-refractivity contribution in [2.24, 2.45) is 0 Å². The van der Waals surface area contributed by atoms with E-state index in [4.69, 9.17) is 9.47 Å². The number of carbonyl (C=O) groups is 1. The van der Waals surface area contributed by atoms with Crippen LogP contribution in [0.3, 0.4) is 0 Å². The Morgan fingerprint density at radius 1 is 1.29 bits per heavy atom. The summed E-state index contributed by atoms with van der Waals surface area (Å²) < 4.78 is 24.9.